The van der Waals surface area contributed by atoms with Crippen LogP contribution >= 0.6 is 0 Å². The number of urea groups is 1. The highest BCUT2D eigenvalue weighted by Crippen LogP contribution is 2.38. The molecule has 2 saturated heterocycles. The fourth-order valence-electron chi connectivity index (χ4n) is 4.08. The average Bonchev–Trinajstić information content (AvgIpc) is 3.16. The number of amides is 6. The van der Waals surface area contributed by atoms with Crippen molar-refractivity contribution in [3.8, 4) is 0 Å². The lowest BCUT2D eigenvalue weighted by atomic mass is 9.68. The van der Waals surface area contributed by atoms with Crippen molar-refractivity contribution in [2.24, 2.45) is 17.1 Å². The number of nitrogens with two attached hydrogens (primary N) is 1. The number of hydrogen-bond donors (Lipinski definition) is 3. The number of unbranched alkanes of at least 4 members (excludes halogenated alkanes) is 5. The Morgan fingerprint density at radius 2 is 1.54 bits per heavy atom. The predicted molar refractivity (Wildman–Crippen MR) is 101 cm³/mol. The maximum absolute atomic E-state index is 13.0. The molecule has 0 radical (unpaired) electrons. The van der Waals surface area contributed by atoms with Crippen molar-refractivity contribution in [2.45, 2.75) is 64.7 Å². The summed E-state index contributed by atoms with van der Waals surface area (Å²) >= 11 is 0. The number of imide groups is 2. The van der Waals surface area contributed by atoms with Gasteiger partial charge in [0, 0.05) is 13.1 Å². The number of hydrogen-bond acceptors (Lipinski definition) is 5. The van der Waals surface area contributed by atoms with Gasteiger partial charge in [-0.15, -0.1) is 0 Å². The molecular weight excluding hydrogens is 364 g/mol. The van der Waals surface area contributed by atoms with Crippen LogP contribution in [0.1, 0.15) is 64.7 Å². The molecule has 2 aliphatic rings. The van der Waals surface area contributed by atoms with E-state index in [-0.39, 0.29) is 6.42 Å². The highest BCUT2D eigenvalue weighted by atomic mass is 16.2. The molecule has 6 amide bonds. The zero-order chi connectivity index (χ0) is 20.7. The Bertz CT molecular complexity index is 622. The van der Waals surface area contributed by atoms with Gasteiger partial charge in [0.1, 0.15) is 11.3 Å². The lowest BCUT2D eigenvalue weighted by Gasteiger charge is -2.39. The summed E-state index contributed by atoms with van der Waals surface area (Å²) in [7, 11) is 0. The van der Waals surface area contributed by atoms with Crippen LogP contribution in [0.5, 0.6) is 0 Å². The normalized spacial score (nSPS) is 19.9. The molecule has 1 atom stereocenters. The van der Waals surface area contributed by atoms with Gasteiger partial charge in [-0.3, -0.25) is 29.8 Å². The van der Waals surface area contributed by atoms with E-state index in [1.165, 1.54) is 4.90 Å². The summed E-state index contributed by atoms with van der Waals surface area (Å²) < 4.78 is 0. The summed E-state index contributed by atoms with van der Waals surface area (Å²) in [6.45, 7) is 3.01. The van der Waals surface area contributed by atoms with Crippen LogP contribution in [-0.4, -0.2) is 47.6 Å². The van der Waals surface area contributed by atoms with Gasteiger partial charge in [-0.25, -0.2) is 4.79 Å². The molecule has 0 saturated carbocycles. The molecule has 2 heterocycles. The first-order valence-electron chi connectivity index (χ1n) is 10.1. The number of nitrogens with zero attached hydrogens (tertiary/aromatic N) is 1. The fourth-order valence-corrected chi connectivity index (χ4v) is 4.08. The van der Waals surface area contributed by atoms with Crippen LogP contribution in [-0.2, 0) is 19.2 Å². The monoisotopic (exact) mass is 394 g/mol. The van der Waals surface area contributed by atoms with Crippen LogP contribution in [0.4, 0.5) is 4.79 Å². The fraction of sp³-hybridized carbons (Fsp3) is 0.737. The molecule has 0 aromatic carbocycles. The summed E-state index contributed by atoms with van der Waals surface area (Å²) in [5, 5.41) is 4.11. The maximum Gasteiger partial charge on any atom is 0.328 e. The predicted octanol–water partition coefficient (Wildman–Crippen LogP) is 0.813. The minimum atomic E-state index is -2.00. The molecule has 0 aromatic heterocycles. The van der Waals surface area contributed by atoms with Crippen LogP contribution < -0.4 is 16.4 Å². The Hall–Kier alpha value is -2.45. The molecule has 28 heavy (non-hydrogen) atoms. The molecule has 2 rings (SSSR count). The maximum atomic E-state index is 13.0. The molecule has 4 N–H and O–H groups in total. The summed E-state index contributed by atoms with van der Waals surface area (Å²) in [5.74, 6) is -5.12. The molecule has 9 heteroatoms. The van der Waals surface area contributed by atoms with E-state index < -0.39 is 41.0 Å². The van der Waals surface area contributed by atoms with Crippen molar-refractivity contribution in [3.05, 3.63) is 0 Å². The number of carbonyl (C=O) groups excluding carboxylic acids is 5. The molecule has 2 fully saturated rings. The van der Waals surface area contributed by atoms with E-state index in [4.69, 9.17) is 5.73 Å². The van der Waals surface area contributed by atoms with Crippen LogP contribution in [0.2, 0.25) is 0 Å². The molecule has 0 aromatic rings. The first-order valence-corrected chi connectivity index (χ1v) is 10.1. The van der Waals surface area contributed by atoms with Crippen molar-refractivity contribution in [1.82, 2.24) is 15.5 Å². The molecule has 0 aliphatic carbocycles. The second-order valence-electron chi connectivity index (χ2n) is 7.59. The van der Waals surface area contributed by atoms with E-state index in [1.54, 1.807) is 0 Å². The Labute approximate surface area is 164 Å². The van der Waals surface area contributed by atoms with Crippen LogP contribution in [0.15, 0.2) is 0 Å². The molecule has 1 unspecified atom stereocenters. The lowest BCUT2D eigenvalue weighted by molar-refractivity contribution is -0.162. The molecule has 2 aliphatic heterocycles. The highest BCUT2D eigenvalue weighted by Gasteiger charge is 2.60. The number of likely N-dealkylation sites (tertiary alicyclic amines) is 1. The topological polar surface area (TPSA) is 139 Å². The van der Waals surface area contributed by atoms with Gasteiger partial charge in [-0.2, -0.15) is 0 Å². The second-order valence-corrected chi connectivity index (χ2v) is 7.59. The van der Waals surface area contributed by atoms with Crippen molar-refractivity contribution < 1.29 is 24.0 Å². The molecular formula is C19H30N4O5. The minimum Gasteiger partial charge on any atom is -0.369 e. The largest absolute Gasteiger partial charge is 0.369 e. The SMILES string of the molecule is CCCCCCCCC1(C(C(N)=O)C(=O)N2CCCC2)C(=O)NC(=O)NC1=O. The number of rotatable bonds is 10. The van der Waals surface area contributed by atoms with Crippen molar-refractivity contribution in [3.63, 3.8) is 0 Å². The zero-order valence-electron chi connectivity index (χ0n) is 16.4. The summed E-state index contributed by atoms with van der Waals surface area (Å²) in [6.07, 6.45) is 6.92. The molecule has 0 bridgehead atoms. The smallest absolute Gasteiger partial charge is 0.328 e. The molecule has 0 spiro atoms. The van der Waals surface area contributed by atoms with E-state index in [0.717, 1.165) is 44.9 Å². The Morgan fingerprint density at radius 1 is 1.00 bits per heavy atom. The Kier molecular flexibility index (Phi) is 7.53. The van der Waals surface area contributed by atoms with Gasteiger partial charge in [0.2, 0.25) is 23.6 Å². The van der Waals surface area contributed by atoms with Crippen LogP contribution in [0, 0.1) is 11.3 Å². The van der Waals surface area contributed by atoms with Gasteiger partial charge < -0.3 is 10.6 Å². The number of barbiturate groups is 1. The summed E-state index contributed by atoms with van der Waals surface area (Å²) in [6, 6.07) is -0.953. The van der Waals surface area contributed by atoms with Crippen molar-refractivity contribution in [1.29, 1.82) is 0 Å². The third kappa shape index (κ3) is 4.51. The average molecular weight is 394 g/mol. The number of nitrogens with one attached hydrogen (secondary N) is 2. The second kappa shape index (κ2) is 9.66. The van der Waals surface area contributed by atoms with E-state index in [2.05, 4.69) is 17.6 Å². The first kappa shape index (κ1) is 21.8. The highest BCUT2D eigenvalue weighted by molar-refractivity contribution is 6.24. The molecule has 156 valence electrons. The van der Waals surface area contributed by atoms with Crippen molar-refractivity contribution in [2.75, 3.05) is 13.1 Å². The van der Waals surface area contributed by atoms with E-state index in [1.807, 2.05) is 0 Å². The van der Waals surface area contributed by atoms with Gasteiger partial charge in [0.25, 0.3) is 0 Å². The van der Waals surface area contributed by atoms with Crippen molar-refractivity contribution >= 4 is 29.7 Å². The lowest BCUT2D eigenvalue weighted by Crippen LogP contribution is -2.68. The van der Waals surface area contributed by atoms with E-state index in [9.17, 15) is 24.0 Å². The quantitative estimate of drug-likeness (QED) is 0.372. The number of carbonyl (C=O) groups is 5. The Morgan fingerprint density at radius 3 is 2.07 bits per heavy atom. The third-order valence-electron chi connectivity index (χ3n) is 5.63. The van der Waals surface area contributed by atoms with Crippen LogP contribution in [0.3, 0.4) is 0 Å². The summed E-state index contributed by atoms with van der Waals surface area (Å²) in [5.41, 5.74) is 3.52. The third-order valence-corrected chi connectivity index (χ3v) is 5.63. The zero-order valence-corrected chi connectivity index (χ0v) is 16.4. The Balaban J connectivity index is 2.28. The number of primary amides is 1. The minimum absolute atomic E-state index is 0.0166. The van der Waals surface area contributed by atoms with Gasteiger partial charge in [0.05, 0.1) is 0 Å². The van der Waals surface area contributed by atoms with E-state index in [0.29, 0.717) is 19.5 Å². The summed E-state index contributed by atoms with van der Waals surface area (Å²) in [4.78, 5) is 63.9. The standard InChI is InChI=1S/C19H30N4O5/c1-2-3-4-5-6-7-10-19(16(26)21-18(28)22-17(19)27)13(14(20)24)15(25)23-11-8-9-12-23/h13H,2-12H2,1H3,(H2,20,24)(H2,21,22,26,27,28). The van der Waals surface area contributed by atoms with Crippen LogP contribution in [0.25, 0.3) is 0 Å². The van der Waals surface area contributed by atoms with Gasteiger partial charge in [0.15, 0.2) is 0 Å². The van der Waals surface area contributed by atoms with Gasteiger partial charge in [-0.1, -0.05) is 45.4 Å². The van der Waals surface area contributed by atoms with E-state index >= 15 is 0 Å². The first-order chi connectivity index (χ1) is 13.3. The van der Waals surface area contributed by atoms with Gasteiger partial charge >= 0.3 is 6.03 Å². The molecule has 9 nitrogen and oxygen atoms in total. The van der Waals surface area contributed by atoms with Gasteiger partial charge in [-0.05, 0) is 19.3 Å².